The van der Waals surface area contributed by atoms with Gasteiger partial charge in [0.15, 0.2) is 11.6 Å². The average Bonchev–Trinajstić information content (AvgIpc) is 2.29. The van der Waals surface area contributed by atoms with Gasteiger partial charge in [0.05, 0.1) is 7.11 Å². The van der Waals surface area contributed by atoms with Crippen LogP contribution in [0.15, 0.2) is 24.3 Å². The van der Waals surface area contributed by atoms with Crippen molar-refractivity contribution in [2.75, 3.05) is 13.7 Å². The maximum absolute atomic E-state index is 13.8. The minimum Gasteiger partial charge on any atom is -0.494 e. The Morgan fingerprint density at radius 2 is 2.06 bits per heavy atom. The summed E-state index contributed by atoms with van der Waals surface area (Å²) < 4.78 is 18.7. The van der Waals surface area contributed by atoms with Crippen molar-refractivity contribution in [2.45, 2.75) is 32.7 Å². The van der Waals surface area contributed by atoms with Crippen LogP contribution in [-0.4, -0.2) is 19.2 Å². The second-order valence-electron chi connectivity index (χ2n) is 5.23. The van der Waals surface area contributed by atoms with Crippen LogP contribution in [0.4, 0.5) is 4.39 Å². The summed E-state index contributed by atoms with van der Waals surface area (Å²) in [5, 5.41) is 3.38. The first kappa shape index (κ1) is 14.7. The third-order valence-electron chi connectivity index (χ3n) is 2.48. The summed E-state index contributed by atoms with van der Waals surface area (Å²) in [4.78, 5) is 0. The molecule has 0 aromatic heterocycles. The molecule has 0 atom stereocenters. The third kappa shape index (κ3) is 4.88. The lowest BCUT2D eigenvalue weighted by Gasteiger charge is -2.19. The molecule has 0 radical (unpaired) electrons. The quantitative estimate of drug-likeness (QED) is 0.807. The normalized spacial score (nSPS) is 12.1. The fraction of sp³-hybridized carbons (Fsp3) is 0.467. The van der Waals surface area contributed by atoms with Gasteiger partial charge < -0.3 is 10.1 Å². The first-order valence-electron chi connectivity index (χ1n) is 6.18. The van der Waals surface area contributed by atoms with Gasteiger partial charge in [-0.3, -0.25) is 0 Å². The van der Waals surface area contributed by atoms with Gasteiger partial charge in [0.1, 0.15) is 0 Å². The summed E-state index contributed by atoms with van der Waals surface area (Å²) in [6.45, 7) is 7.25. The van der Waals surface area contributed by atoms with E-state index in [0.29, 0.717) is 5.56 Å². The van der Waals surface area contributed by atoms with E-state index in [0.717, 1.165) is 13.0 Å². The SMILES string of the molecule is COc1cccc(/C=C/CCNC(C)(C)C)c1F. The molecule has 0 aliphatic heterocycles. The zero-order valence-corrected chi connectivity index (χ0v) is 11.6. The van der Waals surface area contributed by atoms with Crippen LogP contribution in [0.1, 0.15) is 32.8 Å². The van der Waals surface area contributed by atoms with E-state index in [1.54, 1.807) is 24.3 Å². The summed E-state index contributed by atoms with van der Waals surface area (Å²) in [7, 11) is 1.47. The molecular formula is C15H22FNO. The van der Waals surface area contributed by atoms with Crippen LogP contribution in [0.5, 0.6) is 5.75 Å². The van der Waals surface area contributed by atoms with E-state index < -0.39 is 0 Å². The zero-order valence-electron chi connectivity index (χ0n) is 11.6. The number of nitrogens with one attached hydrogen (secondary N) is 1. The van der Waals surface area contributed by atoms with Crippen LogP contribution in [0.3, 0.4) is 0 Å². The highest BCUT2D eigenvalue weighted by atomic mass is 19.1. The van der Waals surface area contributed by atoms with Crippen molar-refractivity contribution in [1.29, 1.82) is 0 Å². The monoisotopic (exact) mass is 251 g/mol. The van der Waals surface area contributed by atoms with Gasteiger partial charge in [0.25, 0.3) is 0 Å². The van der Waals surface area contributed by atoms with Crippen molar-refractivity contribution in [2.24, 2.45) is 0 Å². The summed E-state index contributed by atoms with van der Waals surface area (Å²) in [5.74, 6) is -0.0232. The predicted octanol–water partition coefficient (Wildman–Crippen LogP) is 3.63. The number of ether oxygens (including phenoxy) is 1. The standard InChI is InChI=1S/C15H22FNO/c1-15(2,3)17-11-6-5-8-12-9-7-10-13(18-4)14(12)16/h5,7-10,17H,6,11H2,1-4H3/b8-5+. The smallest absolute Gasteiger partial charge is 0.172 e. The summed E-state index contributed by atoms with van der Waals surface area (Å²) in [6, 6.07) is 5.15. The Kier molecular flexibility index (Phi) is 5.35. The van der Waals surface area contributed by atoms with Gasteiger partial charge >= 0.3 is 0 Å². The van der Waals surface area contributed by atoms with Crippen molar-refractivity contribution >= 4 is 6.08 Å². The second-order valence-corrected chi connectivity index (χ2v) is 5.23. The molecule has 3 heteroatoms. The highest BCUT2D eigenvalue weighted by molar-refractivity contribution is 5.52. The van der Waals surface area contributed by atoms with Crippen LogP contribution in [-0.2, 0) is 0 Å². The van der Waals surface area contributed by atoms with E-state index in [2.05, 4.69) is 26.1 Å². The van der Waals surface area contributed by atoms with Gasteiger partial charge in [-0.2, -0.15) is 0 Å². The lowest BCUT2D eigenvalue weighted by Crippen LogP contribution is -2.36. The van der Waals surface area contributed by atoms with Crippen LogP contribution < -0.4 is 10.1 Å². The Morgan fingerprint density at radius 3 is 2.67 bits per heavy atom. The molecule has 2 nitrogen and oxygen atoms in total. The Labute approximate surface area is 109 Å². The molecule has 0 amide bonds. The number of methoxy groups -OCH3 is 1. The van der Waals surface area contributed by atoms with E-state index >= 15 is 0 Å². The lowest BCUT2D eigenvalue weighted by atomic mass is 10.1. The zero-order chi connectivity index (χ0) is 13.6. The van der Waals surface area contributed by atoms with Crippen molar-refractivity contribution in [3.8, 4) is 5.75 Å². The number of benzene rings is 1. The fourth-order valence-electron chi connectivity index (χ4n) is 1.55. The van der Waals surface area contributed by atoms with Crippen LogP contribution in [0, 0.1) is 5.82 Å². The van der Waals surface area contributed by atoms with Gasteiger partial charge in [0.2, 0.25) is 0 Å². The first-order valence-corrected chi connectivity index (χ1v) is 6.18. The first-order chi connectivity index (χ1) is 8.44. The molecule has 0 saturated heterocycles. The van der Waals surface area contributed by atoms with Crippen molar-refractivity contribution in [3.05, 3.63) is 35.7 Å². The Hall–Kier alpha value is -1.35. The Morgan fingerprint density at radius 1 is 1.33 bits per heavy atom. The van der Waals surface area contributed by atoms with E-state index in [4.69, 9.17) is 4.74 Å². The van der Waals surface area contributed by atoms with Gasteiger partial charge in [0, 0.05) is 11.1 Å². The molecule has 0 bridgehead atoms. The third-order valence-corrected chi connectivity index (χ3v) is 2.48. The molecule has 1 aromatic carbocycles. The molecular weight excluding hydrogens is 229 g/mol. The Balaban J connectivity index is 2.52. The number of rotatable bonds is 5. The largest absolute Gasteiger partial charge is 0.494 e. The van der Waals surface area contributed by atoms with Crippen molar-refractivity contribution in [1.82, 2.24) is 5.32 Å². The Bertz CT molecular complexity index is 407. The molecule has 0 heterocycles. The predicted molar refractivity (Wildman–Crippen MR) is 74.4 cm³/mol. The summed E-state index contributed by atoms with van der Waals surface area (Å²) in [5.41, 5.74) is 0.680. The topological polar surface area (TPSA) is 21.3 Å². The maximum atomic E-state index is 13.8. The molecule has 1 rings (SSSR count). The molecule has 100 valence electrons. The van der Waals surface area contributed by atoms with Crippen LogP contribution >= 0.6 is 0 Å². The maximum Gasteiger partial charge on any atom is 0.172 e. The van der Waals surface area contributed by atoms with E-state index in [-0.39, 0.29) is 17.1 Å². The minimum absolute atomic E-state index is 0.120. The van der Waals surface area contributed by atoms with Crippen molar-refractivity contribution < 1.29 is 9.13 Å². The van der Waals surface area contributed by atoms with Crippen LogP contribution in [0.25, 0.3) is 6.08 Å². The number of hydrogen-bond donors (Lipinski definition) is 1. The lowest BCUT2D eigenvalue weighted by molar-refractivity contribution is 0.386. The molecule has 0 saturated carbocycles. The highest BCUT2D eigenvalue weighted by Crippen LogP contribution is 2.20. The molecule has 1 N–H and O–H groups in total. The molecule has 1 aromatic rings. The van der Waals surface area contributed by atoms with Crippen molar-refractivity contribution in [3.63, 3.8) is 0 Å². The highest BCUT2D eigenvalue weighted by Gasteiger charge is 2.07. The van der Waals surface area contributed by atoms with Gasteiger partial charge in [-0.1, -0.05) is 24.3 Å². The van der Waals surface area contributed by atoms with E-state index in [1.165, 1.54) is 7.11 Å². The van der Waals surface area contributed by atoms with Gasteiger partial charge in [-0.25, -0.2) is 4.39 Å². The molecule has 0 unspecified atom stereocenters. The van der Waals surface area contributed by atoms with E-state index in [1.807, 2.05) is 6.08 Å². The average molecular weight is 251 g/mol. The fourth-order valence-corrected chi connectivity index (χ4v) is 1.55. The summed E-state index contributed by atoms with van der Waals surface area (Å²) >= 11 is 0. The number of hydrogen-bond acceptors (Lipinski definition) is 2. The molecule has 0 aliphatic carbocycles. The molecule has 0 fully saturated rings. The second kappa shape index (κ2) is 6.55. The van der Waals surface area contributed by atoms with Crippen LogP contribution in [0.2, 0.25) is 0 Å². The summed E-state index contributed by atoms with van der Waals surface area (Å²) in [6.07, 6.45) is 4.63. The molecule has 0 aliphatic rings. The van der Waals surface area contributed by atoms with E-state index in [9.17, 15) is 4.39 Å². The minimum atomic E-state index is -0.306. The molecule has 18 heavy (non-hydrogen) atoms. The van der Waals surface area contributed by atoms with Gasteiger partial charge in [-0.05, 0) is 39.8 Å². The number of halogens is 1. The van der Waals surface area contributed by atoms with Gasteiger partial charge in [-0.15, -0.1) is 0 Å². The molecule has 0 spiro atoms.